The maximum Gasteiger partial charge on any atom is 0.352 e. The van der Waals surface area contributed by atoms with Crippen molar-refractivity contribution in [3.8, 4) is 0 Å². The molecule has 0 atom stereocenters. The van der Waals surface area contributed by atoms with Gasteiger partial charge in [-0.2, -0.15) is 0 Å². The second-order valence-corrected chi connectivity index (χ2v) is 8.99. The molecule has 2 aromatic heterocycles. The van der Waals surface area contributed by atoms with E-state index in [1.807, 2.05) is 45.9 Å². The highest BCUT2D eigenvalue weighted by Gasteiger charge is 2.20. The monoisotopic (exact) mass is 490 g/mol. The number of amides is 2. The van der Waals surface area contributed by atoms with Crippen molar-refractivity contribution in [3.05, 3.63) is 74.4 Å². The fourth-order valence-corrected chi connectivity index (χ4v) is 4.14. The van der Waals surface area contributed by atoms with Crippen LogP contribution in [0.3, 0.4) is 0 Å². The maximum absolute atomic E-state index is 13.4. The Bertz CT molecular complexity index is 1580. The van der Waals surface area contributed by atoms with Crippen molar-refractivity contribution >= 4 is 34.2 Å². The zero-order chi connectivity index (χ0) is 26.0. The summed E-state index contributed by atoms with van der Waals surface area (Å²) in [7, 11) is 0. The van der Waals surface area contributed by atoms with Crippen LogP contribution in [0.4, 0.5) is 5.69 Å². The van der Waals surface area contributed by atoms with Gasteiger partial charge in [-0.3, -0.25) is 19.0 Å². The van der Waals surface area contributed by atoms with Crippen LogP contribution in [0.15, 0.2) is 52.1 Å². The Balaban J connectivity index is 1.81. The van der Waals surface area contributed by atoms with Crippen LogP contribution in [0.1, 0.15) is 50.0 Å². The summed E-state index contributed by atoms with van der Waals surface area (Å²) in [6.45, 7) is 7.65. The molecule has 2 N–H and O–H groups in total. The van der Waals surface area contributed by atoms with E-state index in [0.717, 1.165) is 16.7 Å². The molecule has 0 saturated carbocycles. The Kier molecular flexibility index (Phi) is 7.05. The summed E-state index contributed by atoms with van der Waals surface area (Å²) >= 11 is 0. The number of nitrogens with one attached hydrogen (secondary N) is 2. The number of carbonyl (C=O) groups excluding carboxylic acids is 2. The number of nitrogens with zero attached hydrogens (tertiary/aromatic N) is 4. The second kappa shape index (κ2) is 10.2. The van der Waals surface area contributed by atoms with Crippen molar-refractivity contribution in [1.82, 2.24) is 24.1 Å². The predicted octanol–water partition coefficient (Wildman–Crippen LogP) is 2.56. The molecule has 0 bridgehead atoms. The van der Waals surface area contributed by atoms with Gasteiger partial charge in [0.05, 0.1) is 10.9 Å². The molecule has 0 aliphatic rings. The third-order valence-corrected chi connectivity index (χ3v) is 5.82. The van der Waals surface area contributed by atoms with E-state index in [0.29, 0.717) is 29.6 Å². The SMILES string of the molecule is CCCn1c(=O)c2ccc(C(=O)NC(C)C)cc2n2c(=O)n(CC(=O)Nc3cccc(CC)c3)nc12. The minimum atomic E-state index is -0.571. The molecule has 2 aromatic carbocycles. The van der Waals surface area contributed by atoms with Crippen molar-refractivity contribution in [2.45, 2.75) is 59.7 Å². The van der Waals surface area contributed by atoms with Crippen LogP contribution in [0.5, 0.6) is 0 Å². The number of hydrogen-bond donors (Lipinski definition) is 2. The molecule has 2 amide bonds. The highest BCUT2D eigenvalue weighted by Crippen LogP contribution is 2.15. The highest BCUT2D eigenvalue weighted by atomic mass is 16.2. The average molecular weight is 491 g/mol. The molecule has 0 unspecified atom stereocenters. The van der Waals surface area contributed by atoms with E-state index >= 15 is 0 Å². The quantitative estimate of drug-likeness (QED) is 0.393. The van der Waals surface area contributed by atoms with Crippen LogP contribution < -0.4 is 21.9 Å². The predicted molar refractivity (Wildman–Crippen MR) is 139 cm³/mol. The standard InChI is InChI=1S/C26H30N6O4/c1-5-12-30-24(35)20-11-10-18(23(34)27-16(3)4)14-21(20)32-25(30)29-31(26(32)36)15-22(33)28-19-9-7-8-17(6-2)13-19/h7-11,13-14,16H,5-6,12,15H2,1-4H3,(H,27,34)(H,28,33). The van der Waals surface area contributed by atoms with Crippen LogP contribution in [-0.4, -0.2) is 36.6 Å². The lowest BCUT2D eigenvalue weighted by Gasteiger charge is -2.11. The van der Waals surface area contributed by atoms with Gasteiger partial charge in [0, 0.05) is 23.8 Å². The number of anilines is 1. The first kappa shape index (κ1) is 24.9. The van der Waals surface area contributed by atoms with E-state index in [2.05, 4.69) is 15.7 Å². The van der Waals surface area contributed by atoms with Crippen molar-refractivity contribution in [2.24, 2.45) is 0 Å². The van der Waals surface area contributed by atoms with Crippen LogP contribution in [-0.2, 0) is 24.3 Å². The van der Waals surface area contributed by atoms with E-state index < -0.39 is 11.6 Å². The molecule has 36 heavy (non-hydrogen) atoms. The molecule has 0 aliphatic heterocycles. The summed E-state index contributed by atoms with van der Waals surface area (Å²) in [6.07, 6.45) is 1.47. The third-order valence-electron chi connectivity index (χ3n) is 5.82. The molecule has 4 aromatic rings. The fraction of sp³-hybridized carbons (Fsp3) is 0.346. The minimum absolute atomic E-state index is 0.0761. The molecule has 2 heterocycles. The molecule has 188 valence electrons. The fourth-order valence-electron chi connectivity index (χ4n) is 4.14. The molecule has 0 radical (unpaired) electrons. The van der Waals surface area contributed by atoms with Crippen molar-refractivity contribution in [1.29, 1.82) is 0 Å². The Labute approximate surface area is 207 Å². The lowest BCUT2D eigenvalue weighted by atomic mass is 10.1. The summed E-state index contributed by atoms with van der Waals surface area (Å²) in [6, 6.07) is 12.0. The van der Waals surface area contributed by atoms with Gasteiger partial charge in [-0.1, -0.05) is 26.0 Å². The summed E-state index contributed by atoms with van der Waals surface area (Å²) in [5.74, 6) is -0.604. The Hall–Kier alpha value is -4.21. The van der Waals surface area contributed by atoms with Crippen LogP contribution in [0, 0.1) is 0 Å². The number of aryl methyl sites for hydroxylation is 2. The van der Waals surface area contributed by atoms with Crippen molar-refractivity contribution in [3.63, 3.8) is 0 Å². The lowest BCUT2D eigenvalue weighted by Crippen LogP contribution is -2.31. The normalized spacial score (nSPS) is 11.4. The number of aromatic nitrogens is 4. The molecule has 0 fully saturated rings. The number of benzene rings is 2. The summed E-state index contributed by atoms with van der Waals surface area (Å²) < 4.78 is 3.76. The molecule has 4 rings (SSSR count). The zero-order valence-electron chi connectivity index (χ0n) is 20.9. The van der Waals surface area contributed by atoms with Crippen LogP contribution >= 0.6 is 0 Å². The molecule has 0 spiro atoms. The van der Waals surface area contributed by atoms with Crippen molar-refractivity contribution < 1.29 is 9.59 Å². The van der Waals surface area contributed by atoms with Gasteiger partial charge >= 0.3 is 5.69 Å². The van der Waals surface area contributed by atoms with Gasteiger partial charge in [-0.15, -0.1) is 5.10 Å². The molecule has 10 nitrogen and oxygen atoms in total. The van der Waals surface area contributed by atoms with Crippen molar-refractivity contribution in [2.75, 3.05) is 5.32 Å². The zero-order valence-corrected chi connectivity index (χ0v) is 20.9. The Morgan fingerprint density at radius 3 is 2.53 bits per heavy atom. The molecule has 0 aliphatic carbocycles. The van der Waals surface area contributed by atoms with Gasteiger partial charge in [0.1, 0.15) is 6.54 Å². The summed E-state index contributed by atoms with van der Waals surface area (Å²) in [4.78, 5) is 52.0. The Morgan fingerprint density at radius 2 is 1.83 bits per heavy atom. The number of hydrogen-bond acceptors (Lipinski definition) is 5. The van der Waals surface area contributed by atoms with E-state index in [1.54, 1.807) is 18.2 Å². The molecule has 10 heteroatoms. The van der Waals surface area contributed by atoms with Gasteiger partial charge in [-0.25, -0.2) is 13.9 Å². The minimum Gasteiger partial charge on any atom is -0.350 e. The van der Waals surface area contributed by atoms with Gasteiger partial charge in [-0.05, 0) is 62.6 Å². The highest BCUT2D eigenvalue weighted by molar-refractivity contribution is 5.98. The largest absolute Gasteiger partial charge is 0.352 e. The van der Waals surface area contributed by atoms with E-state index in [1.165, 1.54) is 15.0 Å². The van der Waals surface area contributed by atoms with Crippen LogP contribution in [0.2, 0.25) is 0 Å². The molecular weight excluding hydrogens is 460 g/mol. The van der Waals surface area contributed by atoms with Crippen LogP contribution in [0.25, 0.3) is 16.7 Å². The number of fused-ring (bicyclic) bond motifs is 3. The maximum atomic E-state index is 13.4. The summed E-state index contributed by atoms with van der Waals surface area (Å²) in [5, 5.41) is 10.2. The number of rotatable bonds is 8. The first-order valence-corrected chi connectivity index (χ1v) is 12.1. The second-order valence-electron chi connectivity index (χ2n) is 8.99. The van der Waals surface area contributed by atoms with Gasteiger partial charge in [0.2, 0.25) is 11.7 Å². The Morgan fingerprint density at radius 1 is 1.06 bits per heavy atom. The smallest absolute Gasteiger partial charge is 0.350 e. The van der Waals surface area contributed by atoms with E-state index in [9.17, 15) is 19.2 Å². The first-order chi connectivity index (χ1) is 17.2. The average Bonchev–Trinajstić information content (AvgIpc) is 3.16. The van der Waals surface area contributed by atoms with Gasteiger partial charge in [0.15, 0.2) is 0 Å². The molecular formula is C26H30N6O4. The van der Waals surface area contributed by atoms with Gasteiger partial charge < -0.3 is 10.6 Å². The first-order valence-electron chi connectivity index (χ1n) is 12.1. The topological polar surface area (TPSA) is 120 Å². The summed E-state index contributed by atoms with van der Waals surface area (Å²) in [5.41, 5.74) is 1.41. The van der Waals surface area contributed by atoms with E-state index in [-0.39, 0.29) is 35.3 Å². The molecule has 0 saturated heterocycles. The lowest BCUT2D eigenvalue weighted by molar-refractivity contribution is -0.117. The third kappa shape index (κ3) is 4.79. The number of carbonyl (C=O) groups is 2. The van der Waals surface area contributed by atoms with Gasteiger partial charge in [0.25, 0.3) is 11.5 Å². The van der Waals surface area contributed by atoms with E-state index in [4.69, 9.17) is 0 Å².